The van der Waals surface area contributed by atoms with Gasteiger partial charge in [-0.15, -0.1) is 0 Å². The minimum atomic E-state index is -0.845. The number of rotatable bonds is 57. The highest BCUT2D eigenvalue weighted by Crippen LogP contribution is 2.18. The van der Waals surface area contributed by atoms with Crippen molar-refractivity contribution in [2.75, 3.05) is 13.2 Å². The summed E-state index contributed by atoms with van der Waals surface area (Å²) in [6.45, 7) is 4.92. The lowest BCUT2D eigenvalue weighted by Crippen LogP contribution is -2.45. The number of unbranched alkanes of at least 4 members (excludes halogenated alkanes) is 46. The van der Waals surface area contributed by atoms with Crippen LogP contribution in [0.15, 0.2) is 12.2 Å². The zero-order valence-electron chi connectivity index (χ0n) is 45.4. The van der Waals surface area contributed by atoms with Crippen LogP contribution in [0.5, 0.6) is 0 Å². The van der Waals surface area contributed by atoms with Gasteiger partial charge in [-0.1, -0.05) is 309 Å². The molecule has 2 atom stereocenters. The van der Waals surface area contributed by atoms with Crippen LogP contribution in [0.2, 0.25) is 0 Å². The van der Waals surface area contributed by atoms with Crippen molar-refractivity contribution >= 4 is 11.9 Å². The number of esters is 1. The molecule has 3 N–H and O–H groups in total. The van der Waals surface area contributed by atoms with E-state index in [1.807, 2.05) is 6.08 Å². The zero-order valence-corrected chi connectivity index (χ0v) is 45.4. The van der Waals surface area contributed by atoms with E-state index >= 15 is 0 Å². The molecule has 398 valence electrons. The quantitative estimate of drug-likeness (QED) is 0.0321. The van der Waals surface area contributed by atoms with Gasteiger partial charge in [0, 0.05) is 12.8 Å². The molecular formula is C61H119NO5. The average molecular weight is 947 g/mol. The van der Waals surface area contributed by atoms with Gasteiger partial charge in [-0.2, -0.15) is 0 Å². The van der Waals surface area contributed by atoms with Crippen LogP contribution in [0.1, 0.15) is 341 Å². The van der Waals surface area contributed by atoms with Gasteiger partial charge in [0.2, 0.25) is 5.91 Å². The van der Waals surface area contributed by atoms with Crippen LogP contribution in [0.4, 0.5) is 0 Å². The van der Waals surface area contributed by atoms with Crippen LogP contribution in [0, 0.1) is 0 Å². The maximum Gasteiger partial charge on any atom is 0.305 e. The van der Waals surface area contributed by atoms with Crippen molar-refractivity contribution in [3.63, 3.8) is 0 Å². The topological polar surface area (TPSA) is 95.9 Å². The highest BCUT2D eigenvalue weighted by atomic mass is 16.5. The normalized spacial score (nSPS) is 12.6. The molecule has 0 fully saturated rings. The lowest BCUT2D eigenvalue weighted by atomic mass is 10.0. The van der Waals surface area contributed by atoms with Crippen molar-refractivity contribution in [3.05, 3.63) is 12.2 Å². The zero-order chi connectivity index (χ0) is 48.6. The van der Waals surface area contributed by atoms with Gasteiger partial charge in [0.25, 0.3) is 0 Å². The second kappa shape index (κ2) is 57.2. The number of nitrogens with one attached hydrogen (secondary N) is 1. The summed E-state index contributed by atoms with van der Waals surface area (Å²) in [5, 5.41) is 23.1. The lowest BCUT2D eigenvalue weighted by molar-refractivity contribution is -0.143. The molecule has 0 heterocycles. The first-order valence-electron chi connectivity index (χ1n) is 30.5. The predicted molar refractivity (Wildman–Crippen MR) is 292 cm³/mol. The molecule has 0 aliphatic rings. The van der Waals surface area contributed by atoms with Crippen molar-refractivity contribution in [1.82, 2.24) is 5.32 Å². The van der Waals surface area contributed by atoms with Crippen molar-refractivity contribution in [1.29, 1.82) is 0 Å². The number of carbonyl (C=O) groups excluding carboxylic acids is 2. The van der Waals surface area contributed by atoms with Crippen LogP contribution >= 0.6 is 0 Å². The minimum absolute atomic E-state index is 0.0128. The molecule has 0 aliphatic carbocycles. The smallest absolute Gasteiger partial charge is 0.305 e. The Morgan fingerprint density at radius 3 is 1.01 bits per heavy atom. The van der Waals surface area contributed by atoms with E-state index in [1.54, 1.807) is 6.08 Å². The molecule has 0 spiro atoms. The summed E-state index contributed by atoms with van der Waals surface area (Å²) in [5.41, 5.74) is 0. The second-order valence-electron chi connectivity index (χ2n) is 21.0. The van der Waals surface area contributed by atoms with Crippen LogP contribution in [0.25, 0.3) is 0 Å². The van der Waals surface area contributed by atoms with Gasteiger partial charge in [0.15, 0.2) is 0 Å². The summed E-state index contributed by atoms with van der Waals surface area (Å²) in [6, 6.07) is -0.629. The molecule has 0 rings (SSSR count). The Balaban J connectivity index is 3.39. The van der Waals surface area contributed by atoms with E-state index in [9.17, 15) is 19.8 Å². The average Bonchev–Trinajstić information content (AvgIpc) is 3.33. The fraction of sp³-hybridized carbons (Fsp3) is 0.934. The molecule has 0 aliphatic heterocycles. The SMILES string of the molecule is CCCCCCCCCCCCCC/C=C/C(O)C(CO)NC(=O)CCCCCCCCCCCCCCCCCCCCCOC(=O)CCCCCCCCCCCCCCCCCCC. The summed E-state index contributed by atoms with van der Waals surface area (Å²) in [5.74, 6) is -0.0562. The number of allylic oxidation sites excluding steroid dienone is 1. The standard InChI is InChI=1S/C61H119NO5/c1-3-5-7-9-11-13-15-17-19-23-27-31-35-39-43-47-51-55-61(66)67-56-52-48-44-40-36-32-28-25-22-20-21-24-26-30-34-38-42-46-50-54-60(65)62-58(57-63)59(64)53-49-45-41-37-33-29-18-16-14-12-10-8-6-4-2/h49,53,58-59,63-64H,3-48,50-52,54-57H2,1-2H3,(H,62,65)/b53-49+. The maximum atomic E-state index is 12.5. The van der Waals surface area contributed by atoms with Gasteiger partial charge in [-0.25, -0.2) is 0 Å². The van der Waals surface area contributed by atoms with Gasteiger partial charge in [0.1, 0.15) is 0 Å². The number of aliphatic hydroxyl groups is 2. The third kappa shape index (κ3) is 53.8. The molecule has 0 radical (unpaired) electrons. The number of ether oxygens (including phenoxy) is 1. The summed E-state index contributed by atoms with van der Waals surface area (Å²) >= 11 is 0. The van der Waals surface area contributed by atoms with Gasteiger partial charge < -0.3 is 20.3 Å². The van der Waals surface area contributed by atoms with Crippen LogP contribution < -0.4 is 5.32 Å². The number of hydrogen-bond acceptors (Lipinski definition) is 5. The van der Waals surface area contributed by atoms with Crippen molar-refractivity contribution in [2.24, 2.45) is 0 Å². The van der Waals surface area contributed by atoms with E-state index < -0.39 is 12.1 Å². The number of aliphatic hydroxyl groups excluding tert-OH is 2. The van der Waals surface area contributed by atoms with Crippen molar-refractivity contribution in [2.45, 2.75) is 353 Å². The van der Waals surface area contributed by atoms with Crippen LogP contribution in [0.3, 0.4) is 0 Å². The molecule has 0 aromatic carbocycles. The Bertz CT molecular complexity index is 1000. The number of carbonyl (C=O) groups is 2. The summed E-state index contributed by atoms with van der Waals surface area (Å²) in [6.07, 6.45) is 68.1. The van der Waals surface area contributed by atoms with E-state index in [0.717, 1.165) is 38.5 Å². The van der Waals surface area contributed by atoms with Crippen LogP contribution in [-0.4, -0.2) is 47.4 Å². The van der Waals surface area contributed by atoms with E-state index in [4.69, 9.17) is 4.74 Å². The highest BCUT2D eigenvalue weighted by molar-refractivity contribution is 5.76. The van der Waals surface area contributed by atoms with E-state index in [2.05, 4.69) is 19.2 Å². The fourth-order valence-electron chi connectivity index (χ4n) is 9.64. The van der Waals surface area contributed by atoms with Gasteiger partial charge in [-0.3, -0.25) is 9.59 Å². The molecule has 0 aromatic rings. The summed E-state index contributed by atoms with van der Waals surface area (Å²) in [7, 11) is 0. The van der Waals surface area contributed by atoms with Crippen molar-refractivity contribution in [3.8, 4) is 0 Å². The summed E-state index contributed by atoms with van der Waals surface area (Å²) in [4.78, 5) is 24.5. The summed E-state index contributed by atoms with van der Waals surface area (Å²) < 4.78 is 5.49. The van der Waals surface area contributed by atoms with E-state index in [-0.39, 0.29) is 18.5 Å². The first-order chi connectivity index (χ1) is 33.0. The molecular weight excluding hydrogens is 827 g/mol. The Labute approximate surface area is 419 Å². The van der Waals surface area contributed by atoms with E-state index in [1.165, 1.54) is 276 Å². The van der Waals surface area contributed by atoms with Gasteiger partial charge in [-0.05, 0) is 32.1 Å². The predicted octanol–water partition coefficient (Wildman–Crippen LogP) is 18.9. The van der Waals surface area contributed by atoms with Gasteiger partial charge in [0.05, 0.1) is 25.4 Å². The Morgan fingerprint density at radius 1 is 0.403 bits per heavy atom. The van der Waals surface area contributed by atoms with Gasteiger partial charge >= 0.3 is 5.97 Å². The molecule has 2 unspecified atom stereocenters. The number of amides is 1. The fourth-order valence-corrected chi connectivity index (χ4v) is 9.64. The van der Waals surface area contributed by atoms with E-state index in [0.29, 0.717) is 19.4 Å². The lowest BCUT2D eigenvalue weighted by Gasteiger charge is -2.20. The third-order valence-electron chi connectivity index (χ3n) is 14.3. The minimum Gasteiger partial charge on any atom is -0.466 e. The Hall–Kier alpha value is -1.40. The molecule has 67 heavy (non-hydrogen) atoms. The first-order valence-corrected chi connectivity index (χ1v) is 30.5. The van der Waals surface area contributed by atoms with Crippen LogP contribution in [-0.2, 0) is 14.3 Å². The molecule has 6 nitrogen and oxygen atoms in total. The Kier molecular flexibility index (Phi) is 56.0. The molecule has 1 amide bonds. The van der Waals surface area contributed by atoms with Crippen molar-refractivity contribution < 1.29 is 24.5 Å². The molecule has 6 heteroatoms. The highest BCUT2D eigenvalue weighted by Gasteiger charge is 2.18. The maximum absolute atomic E-state index is 12.5. The molecule has 0 saturated heterocycles. The molecule has 0 saturated carbocycles. The Morgan fingerprint density at radius 2 is 0.687 bits per heavy atom. The largest absolute Gasteiger partial charge is 0.466 e. The number of hydrogen-bond donors (Lipinski definition) is 3. The third-order valence-corrected chi connectivity index (χ3v) is 14.3. The monoisotopic (exact) mass is 946 g/mol. The first kappa shape index (κ1) is 65.6. The molecule has 0 aromatic heterocycles. The second-order valence-corrected chi connectivity index (χ2v) is 21.0. The molecule has 0 bridgehead atoms.